The molecule has 0 fully saturated rings. The van der Waals surface area contributed by atoms with E-state index in [1.54, 1.807) is 12.3 Å². The zero-order chi connectivity index (χ0) is 16.6. The SMILES string of the molecule is O=C(NCC#CCOc1ccccc1)c1ccc2ncccc2c1. The third-order valence-corrected chi connectivity index (χ3v) is 3.38. The number of carbonyl (C=O) groups excluding carboxylic acids is 1. The normalized spacial score (nSPS) is 9.83. The maximum absolute atomic E-state index is 12.1. The van der Waals surface area contributed by atoms with Crippen molar-refractivity contribution in [2.24, 2.45) is 0 Å². The number of hydrogen-bond acceptors (Lipinski definition) is 3. The summed E-state index contributed by atoms with van der Waals surface area (Å²) in [4.78, 5) is 16.3. The number of pyridine rings is 1. The number of hydrogen-bond donors (Lipinski definition) is 1. The van der Waals surface area contributed by atoms with Crippen LogP contribution in [0, 0.1) is 11.8 Å². The highest BCUT2D eigenvalue weighted by Crippen LogP contribution is 2.13. The molecule has 4 nitrogen and oxygen atoms in total. The second-order valence-electron chi connectivity index (χ2n) is 5.05. The lowest BCUT2D eigenvalue weighted by Gasteiger charge is -2.03. The fraction of sp³-hybridized carbons (Fsp3) is 0.100. The van der Waals surface area contributed by atoms with Crippen LogP contribution in [0.4, 0.5) is 0 Å². The van der Waals surface area contributed by atoms with Crippen LogP contribution in [0.2, 0.25) is 0 Å². The molecule has 0 radical (unpaired) electrons. The number of amides is 1. The summed E-state index contributed by atoms with van der Waals surface area (Å²) in [6.45, 7) is 0.573. The van der Waals surface area contributed by atoms with Crippen molar-refractivity contribution in [2.75, 3.05) is 13.2 Å². The van der Waals surface area contributed by atoms with Crippen molar-refractivity contribution in [1.82, 2.24) is 10.3 Å². The Balaban J connectivity index is 1.49. The van der Waals surface area contributed by atoms with Crippen LogP contribution in [-0.2, 0) is 0 Å². The number of para-hydroxylation sites is 1. The molecule has 118 valence electrons. The van der Waals surface area contributed by atoms with E-state index in [0.717, 1.165) is 16.7 Å². The largest absolute Gasteiger partial charge is 0.481 e. The zero-order valence-corrected chi connectivity index (χ0v) is 13.0. The summed E-state index contributed by atoms with van der Waals surface area (Å²) in [7, 11) is 0. The lowest BCUT2D eigenvalue weighted by Crippen LogP contribution is -2.23. The molecule has 1 aromatic heterocycles. The molecule has 0 unspecified atom stereocenters. The van der Waals surface area contributed by atoms with Crippen LogP contribution in [0.5, 0.6) is 5.75 Å². The topological polar surface area (TPSA) is 51.2 Å². The Kier molecular flexibility index (Phi) is 5.06. The summed E-state index contributed by atoms with van der Waals surface area (Å²) in [5, 5.41) is 3.71. The van der Waals surface area contributed by atoms with Crippen molar-refractivity contribution >= 4 is 16.8 Å². The Hall–Kier alpha value is -3.32. The predicted octanol–water partition coefficient (Wildman–Crippen LogP) is 3.05. The second-order valence-corrected chi connectivity index (χ2v) is 5.05. The van der Waals surface area contributed by atoms with Crippen molar-refractivity contribution in [1.29, 1.82) is 0 Å². The summed E-state index contributed by atoms with van der Waals surface area (Å²) in [6, 6.07) is 18.7. The van der Waals surface area contributed by atoms with Crippen LogP contribution in [0.1, 0.15) is 10.4 Å². The molecule has 0 saturated heterocycles. The van der Waals surface area contributed by atoms with E-state index in [2.05, 4.69) is 22.1 Å². The van der Waals surface area contributed by atoms with Crippen LogP contribution in [0.3, 0.4) is 0 Å². The second kappa shape index (κ2) is 7.80. The lowest BCUT2D eigenvalue weighted by molar-refractivity contribution is 0.0959. The first kappa shape index (κ1) is 15.6. The first-order chi connectivity index (χ1) is 11.8. The molecule has 0 atom stereocenters. The van der Waals surface area contributed by atoms with Crippen LogP contribution in [0.15, 0.2) is 66.9 Å². The smallest absolute Gasteiger partial charge is 0.252 e. The van der Waals surface area contributed by atoms with E-state index in [1.165, 1.54) is 0 Å². The Morgan fingerprint density at radius 1 is 1.04 bits per heavy atom. The van der Waals surface area contributed by atoms with E-state index in [1.807, 2.05) is 54.6 Å². The number of carbonyl (C=O) groups is 1. The number of nitrogens with one attached hydrogen (secondary N) is 1. The van der Waals surface area contributed by atoms with Gasteiger partial charge in [-0.1, -0.05) is 36.1 Å². The Morgan fingerprint density at radius 3 is 2.79 bits per heavy atom. The van der Waals surface area contributed by atoms with Gasteiger partial charge in [0.05, 0.1) is 12.1 Å². The van der Waals surface area contributed by atoms with Crippen LogP contribution in [-0.4, -0.2) is 24.0 Å². The number of fused-ring (bicyclic) bond motifs is 1. The van der Waals surface area contributed by atoms with Crippen LogP contribution >= 0.6 is 0 Å². The van der Waals surface area contributed by atoms with Crippen LogP contribution in [0.25, 0.3) is 10.9 Å². The zero-order valence-electron chi connectivity index (χ0n) is 13.0. The molecule has 0 saturated carbocycles. The highest BCUT2D eigenvalue weighted by atomic mass is 16.5. The van der Waals surface area contributed by atoms with Crippen molar-refractivity contribution in [3.8, 4) is 17.6 Å². The molecule has 0 bridgehead atoms. The number of nitrogens with zero attached hydrogens (tertiary/aromatic N) is 1. The number of benzene rings is 2. The molecule has 3 aromatic rings. The van der Waals surface area contributed by atoms with Gasteiger partial charge in [-0.05, 0) is 36.4 Å². The fourth-order valence-corrected chi connectivity index (χ4v) is 2.19. The Bertz CT molecular complexity index is 895. The summed E-state index contributed by atoms with van der Waals surface area (Å²) in [5.74, 6) is 6.37. The molecule has 3 rings (SSSR count). The maximum Gasteiger partial charge on any atom is 0.252 e. The summed E-state index contributed by atoms with van der Waals surface area (Å²) >= 11 is 0. The molecular formula is C20H16N2O2. The molecule has 0 spiro atoms. The van der Waals surface area contributed by atoms with Crippen molar-refractivity contribution in [2.45, 2.75) is 0 Å². The van der Waals surface area contributed by atoms with Gasteiger partial charge in [0.25, 0.3) is 5.91 Å². The van der Waals surface area contributed by atoms with Gasteiger partial charge in [-0.25, -0.2) is 0 Å². The molecule has 0 aliphatic carbocycles. The summed E-state index contributed by atoms with van der Waals surface area (Å²) in [6.07, 6.45) is 1.73. The molecule has 2 aromatic carbocycles. The number of aromatic nitrogens is 1. The van der Waals surface area contributed by atoms with E-state index in [4.69, 9.17) is 4.74 Å². The van der Waals surface area contributed by atoms with E-state index in [-0.39, 0.29) is 12.5 Å². The Labute approximate surface area is 140 Å². The number of ether oxygens (including phenoxy) is 1. The van der Waals surface area contributed by atoms with E-state index >= 15 is 0 Å². The number of rotatable bonds is 4. The summed E-state index contributed by atoms with van der Waals surface area (Å²) < 4.78 is 5.45. The first-order valence-electron chi connectivity index (χ1n) is 7.59. The standard InChI is InChI=1S/C20H16N2O2/c23-20(17-10-11-19-16(15-17)7-6-13-21-19)22-12-4-5-14-24-18-8-2-1-3-9-18/h1-3,6-11,13,15H,12,14H2,(H,22,23). The minimum absolute atomic E-state index is 0.154. The van der Waals surface area contributed by atoms with Crippen LogP contribution < -0.4 is 10.1 Å². The van der Waals surface area contributed by atoms with Gasteiger partial charge in [0.15, 0.2) is 0 Å². The van der Waals surface area contributed by atoms with Gasteiger partial charge >= 0.3 is 0 Å². The highest BCUT2D eigenvalue weighted by Gasteiger charge is 2.05. The van der Waals surface area contributed by atoms with Gasteiger partial charge in [0, 0.05) is 17.1 Å². The lowest BCUT2D eigenvalue weighted by atomic mass is 10.1. The molecule has 0 aliphatic heterocycles. The average molecular weight is 316 g/mol. The molecule has 1 N–H and O–H groups in total. The predicted molar refractivity (Wildman–Crippen MR) is 93.8 cm³/mol. The van der Waals surface area contributed by atoms with Crippen molar-refractivity contribution in [3.05, 3.63) is 72.4 Å². The van der Waals surface area contributed by atoms with Gasteiger partial charge in [-0.15, -0.1) is 0 Å². The van der Waals surface area contributed by atoms with Gasteiger partial charge in [0.2, 0.25) is 0 Å². The Morgan fingerprint density at radius 2 is 1.92 bits per heavy atom. The minimum atomic E-state index is -0.154. The summed E-state index contributed by atoms with van der Waals surface area (Å²) in [5.41, 5.74) is 1.46. The average Bonchev–Trinajstić information content (AvgIpc) is 2.65. The minimum Gasteiger partial charge on any atom is -0.481 e. The first-order valence-corrected chi connectivity index (χ1v) is 7.59. The van der Waals surface area contributed by atoms with E-state index < -0.39 is 0 Å². The molecule has 1 heterocycles. The third kappa shape index (κ3) is 4.11. The molecule has 0 aliphatic rings. The fourth-order valence-electron chi connectivity index (χ4n) is 2.19. The maximum atomic E-state index is 12.1. The van der Waals surface area contributed by atoms with Gasteiger partial charge in [0.1, 0.15) is 12.4 Å². The van der Waals surface area contributed by atoms with Gasteiger partial charge in [-0.3, -0.25) is 9.78 Å². The van der Waals surface area contributed by atoms with Gasteiger partial charge < -0.3 is 10.1 Å². The van der Waals surface area contributed by atoms with Gasteiger partial charge in [-0.2, -0.15) is 0 Å². The van der Waals surface area contributed by atoms with E-state index in [9.17, 15) is 4.79 Å². The molecule has 1 amide bonds. The monoisotopic (exact) mass is 316 g/mol. The van der Waals surface area contributed by atoms with Crippen molar-refractivity contribution < 1.29 is 9.53 Å². The molecule has 24 heavy (non-hydrogen) atoms. The van der Waals surface area contributed by atoms with Crippen molar-refractivity contribution in [3.63, 3.8) is 0 Å². The highest BCUT2D eigenvalue weighted by molar-refractivity contribution is 5.97. The third-order valence-electron chi connectivity index (χ3n) is 3.38. The molecule has 4 heteroatoms. The molecular weight excluding hydrogens is 300 g/mol. The quantitative estimate of drug-likeness (QED) is 0.753. The van der Waals surface area contributed by atoms with E-state index in [0.29, 0.717) is 12.2 Å².